The Hall–Kier alpha value is -1.92. The zero-order chi connectivity index (χ0) is 18.7. The number of hydrogen-bond acceptors (Lipinski definition) is 4. The molecule has 2 aromatic rings. The summed E-state index contributed by atoms with van der Waals surface area (Å²) in [7, 11) is 0. The molecule has 3 N–H and O–H groups in total. The lowest BCUT2D eigenvalue weighted by atomic mass is 10.0. The van der Waals surface area contributed by atoms with Crippen LogP contribution in [0.4, 0.5) is 0 Å². The van der Waals surface area contributed by atoms with Crippen LogP contribution in [0.3, 0.4) is 0 Å². The Morgan fingerprint density at radius 1 is 1.15 bits per heavy atom. The number of carbonyl (C=O) groups is 1. The molecule has 1 aliphatic rings. The van der Waals surface area contributed by atoms with Crippen molar-refractivity contribution in [1.29, 1.82) is 0 Å². The second-order valence-corrected chi connectivity index (χ2v) is 7.18. The second kappa shape index (κ2) is 8.18. The summed E-state index contributed by atoms with van der Waals surface area (Å²) in [5.74, 6) is -0.198. The van der Waals surface area contributed by atoms with Gasteiger partial charge in [0.25, 0.3) is 5.91 Å². The molecule has 1 amide bonds. The molecule has 136 valence electrons. The number of benzene rings is 2. The molecule has 0 bridgehead atoms. The van der Waals surface area contributed by atoms with Gasteiger partial charge in [0.1, 0.15) is 6.04 Å². The predicted molar refractivity (Wildman–Crippen MR) is 105 cm³/mol. The Bertz CT molecular complexity index is 836. The molecule has 0 aliphatic carbocycles. The maximum atomic E-state index is 12.4. The average Bonchev–Trinajstić information content (AvgIpc) is 3.10. The van der Waals surface area contributed by atoms with Crippen LogP contribution >= 0.6 is 23.2 Å². The monoisotopic (exact) mass is 390 g/mol. The largest absolute Gasteiger partial charge is 0.271 e. The van der Waals surface area contributed by atoms with E-state index in [9.17, 15) is 4.79 Å². The molecular weight excluding hydrogens is 371 g/mol. The van der Waals surface area contributed by atoms with Crippen molar-refractivity contribution in [3.63, 3.8) is 0 Å². The Labute approximate surface area is 162 Å². The zero-order valence-corrected chi connectivity index (χ0v) is 16.0. The first kappa shape index (κ1) is 18.9. The van der Waals surface area contributed by atoms with Crippen LogP contribution in [0.5, 0.6) is 0 Å². The molecule has 0 aromatic heterocycles. The summed E-state index contributed by atoms with van der Waals surface area (Å²) < 4.78 is 0. The minimum Gasteiger partial charge on any atom is -0.271 e. The van der Waals surface area contributed by atoms with E-state index in [1.165, 1.54) is 5.56 Å². The molecule has 2 aromatic carbocycles. The number of nitrogens with one attached hydrogen (secondary N) is 3. The summed E-state index contributed by atoms with van der Waals surface area (Å²) in [5.41, 5.74) is 12.5. The fourth-order valence-electron chi connectivity index (χ4n) is 2.79. The summed E-state index contributed by atoms with van der Waals surface area (Å²) in [6.07, 6.45) is 0.562. The van der Waals surface area contributed by atoms with Crippen LogP contribution in [0.1, 0.15) is 36.1 Å². The van der Waals surface area contributed by atoms with E-state index in [2.05, 4.69) is 21.4 Å². The van der Waals surface area contributed by atoms with Crippen molar-refractivity contribution in [2.75, 3.05) is 0 Å². The van der Waals surface area contributed by atoms with Gasteiger partial charge in [-0.15, -0.1) is 0 Å². The van der Waals surface area contributed by atoms with Crippen LogP contribution in [0, 0.1) is 6.92 Å². The van der Waals surface area contributed by atoms with Gasteiger partial charge in [0, 0.05) is 16.1 Å². The maximum absolute atomic E-state index is 12.4. The first-order valence-electron chi connectivity index (χ1n) is 8.31. The molecule has 2 unspecified atom stereocenters. The first-order valence-corrected chi connectivity index (χ1v) is 9.07. The zero-order valence-electron chi connectivity index (χ0n) is 14.5. The van der Waals surface area contributed by atoms with E-state index in [4.69, 9.17) is 23.2 Å². The van der Waals surface area contributed by atoms with Crippen LogP contribution < -0.4 is 16.3 Å². The van der Waals surface area contributed by atoms with Gasteiger partial charge in [-0.2, -0.15) is 5.10 Å². The minimum atomic E-state index is -0.402. The summed E-state index contributed by atoms with van der Waals surface area (Å²) in [5, 5.41) is 5.36. The van der Waals surface area contributed by atoms with Crippen molar-refractivity contribution >= 4 is 34.8 Å². The van der Waals surface area contributed by atoms with E-state index in [1.807, 2.05) is 44.2 Å². The number of aryl methyl sites for hydroxylation is 1. The molecule has 3 rings (SSSR count). The molecular formula is C19H20Cl2N4O. The highest BCUT2D eigenvalue weighted by atomic mass is 35.5. The number of halogens is 2. The molecule has 1 heterocycles. The molecule has 7 heteroatoms. The highest BCUT2D eigenvalue weighted by molar-refractivity contribution is 6.35. The van der Waals surface area contributed by atoms with Crippen molar-refractivity contribution in [2.24, 2.45) is 5.10 Å². The molecule has 26 heavy (non-hydrogen) atoms. The van der Waals surface area contributed by atoms with Crippen LogP contribution in [-0.2, 0) is 4.79 Å². The highest BCUT2D eigenvalue weighted by Gasteiger charge is 2.31. The molecule has 2 atom stereocenters. The van der Waals surface area contributed by atoms with Crippen molar-refractivity contribution in [2.45, 2.75) is 32.4 Å². The molecule has 0 spiro atoms. The SMILES string of the molecule is C/C(=N\NC(=O)C1CC(c2ccc(Cl)cc2Cl)NN1)c1ccc(C)cc1. The number of nitrogens with zero attached hydrogens (tertiary/aromatic N) is 1. The molecule has 0 saturated carbocycles. The van der Waals surface area contributed by atoms with Gasteiger partial charge >= 0.3 is 0 Å². The predicted octanol–water partition coefficient (Wildman–Crippen LogP) is 3.75. The molecule has 5 nitrogen and oxygen atoms in total. The highest BCUT2D eigenvalue weighted by Crippen LogP contribution is 2.30. The first-order chi connectivity index (χ1) is 12.4. The fraction of sp³-hybridized carbons (Fsp3) is 0.263. The molecule has 1 saturated heterocycles. The third-order valence-electron chi connectivity index (χ3n) is 4.36. The quantitative estimate of drug-likeness (QED) is 0.550. The Morgan fingerprint density at radius 2 is 1.88 bits per heavy atom. The van der Waals surface area contributed by atoms with Gasteiger partial charge in [-0.25, -0.2) is 16.3 Å². The Balaban J connectivity index is 1.61. The van der Waals surface area contributed by atoms with Gasteiger partial charge in [-0.3, -0.25) is 4.79 Å². The molecule has 1 fully saturated rings. The third kappa shape index (κ3) is 4.43. The standard InChI is InChI=1S/C19H20Cl2N4O/c1-11-3-5-13(6-4-11)12(2)22-25-19(26)18-10-17(23-24-18)15-8-7-14(20)9-16(15)21/h3-9,17-18,23-24H,10H2,1-2H3,(H,25,26)/b22-12+. The fourth-order valence-corrected chi connectivity index (χ4v) is 3.33. The van der Waals surface area contributed by atoms with Crippen molar-refractivity contribution in [3.8, 4) is 0 Å². The van der Waals surface area contributed by atoms with Crippen LogP contribution in [0.2, 0.25) is 10.0 Å². The number of hydrogen-bond donors (Lipinski definition) is 3. The van der Waals surface area contributed by atoms with Gasteiger partial charge in [0.05, 0.1) is 5.71 Å². The van der Waals surface area contributed by atoms with Gasteiger partial charge in [-0.1, -0.05) is 59.1 Å². The maximum Gasteiger partial charge on any atom is 0.258 e. The normalized spacial score (nSPS) is 20.2. The number of rotatable bonds is 4. The summed E-state index contributed by atoms with van der Waals surface area (Å²) in [6, 6.07) is 12.9. The van der Waals surface area contributed by atoms with Crippen molar-refractivity contribution in [3.05, 3.63) is 69.2 Å². The van der Waals surface area contributed by atoms with Gasteiger partial charge in [0.15, 0.2) is 0 Å². The van der Waals surface area contributed by atoms with E-state index in [1.54, 1.807) is 12.1 Å². The minimum absolute atomic E-state index is 0.0716. The van der Waals surface area contributed by atoms with Crippen LogP contribution in [0.25, 0.3) is 0 Å². The van der Waals surface area contributed by atoms with Gasteiger partial charge in [-0.05, 0) is 43.5 Å². The number of amides is 1. The Morgan fingerprint density at radius 3 is 2.58 bits per heavy atom. The molecule has 0 radical (unpaired) electrons. The number of hydrazone groups is 1. The van der Waals surface area contributed by atoms with E-state index < -0.39 is 6.04 Å². The van der Waals surface area contributed by atoms with Gasteiger partial charge in [0.2, 0.25) is 0 Å². The Kier molecular flexibility index (Phi) is 5.94. The molecule has 1 aliphatic heterocycles. The average molecular weight is 391 g/mol. The van der Waals surface area contributed by atoms with E-state index in [-0.39, 0.29) is 11.9 Å². The lowest BCUT2D eigenvalue weighted by molar-refractivity contribution is -0.122. The van der Waals surface area contributed by atoms with Crippen molar-refractivity contribution < 1.29 is 4.79 Å². The van der Waals surface area contributed by atoms with E-state index >= 15 is 0 Å². The van der Waals surface area contributed by atoms with E-state index in [0.29, 0.717) is 16.5 Å². The number of hydrazine groups is 1. The summed E-state index contributed by atoms with van der Waals surface area (Å²) in [4.78, 5) is 12.4. The second-order valence-electron chi connectivity index (χ2n) is 6.33. The van der Waals surface area contributed by atoms with Crippen molar-refractivity contribution in [1.82, 2.24) is 16.3 Å². The summed E-state index contributed by atoms with van der Waals surface area (Å²) >= 11 is 12.2. The van der Waals surface area contributed by atoms with Gasteiger partial charge < -0.3 is 0 Å². The summed E-state index contributed by atoms with van der Waals surface area (Å²) in [6.45, 7) is 3.89. The smallest absolute Gasteiger partial charge is 0.258 e. The topological polar surface area (TPSA) is 65.5 Å². The number of carbonyl (C=O) groups excluding carboxylic acids is 1. The van der Waals surface area contributed by atoms with Crippen LogP contribution in [0.15, 0.2) is 47.6 Å². The lowest BCUT2D eigenvalue weighted by Crippen LogP contribution is -2.41. The third-order valence-corrected chi connectivity index (χ3v) is 4.92. The lowest BCUT2D eigenvalue weighted by Gasteiger charge is -2.11. The van der Waals surface area contributed by atoms with Crippen LogP contribution in [-0.4, -0.2) is 17.7 Å². The van der Waals surface area contributed by atoms with E-state index in [0.717, 1.165) is 16.8 Å².